The van der Waals surface area contributed by atoms with Crippen LogP contribution in [0.4, 0.5) is 0 Å². The lowest BCUT2D eigenvalue weighted by Gasteiger charge is -2.28. The van der Waals surface area contributed by atoms with Crippen molar-refractivity contribution in [1.82, 2.24) is 15.3 Å². The normalized spacial score (nSPS) is 24.8. The molecule has 0 radical (unpaired) electrons. The highest BCUT2D eigenvalue weighted by molar-refractivity contribution is 4.64. The molecule has 0 spiro atoms. The van der Waals surface area contributed by atoms with Crippen molar-refractivity contribution in [3.8, 4) is 0 Å². The van der Waals surface area contributed by atoms with Gasteiger partial charge >= 0.3 is 0 Å². The molecule has 0 aromatic carbocycles. The molecule has 2 rings (SSSR count). The quantitative estimate of drug-likeness (QED) is 0.700. The first kappa shape index (κ1) is 12.3. The van der Waals surface area contributed by atoms with Crippen molar-refractivity contribution >= 4 is 0 Å². The maximum Gasteiger partial charge on any atom is 0.0697 e. The van der Waals surface area contributed by atoms with Gasteiger partial charge in [-0.3, -0.25) is 4.84 Å². The van der Waals surface area contributed by atoms with E-state index in [1.54, 1.807) is 0 Å². The molecule has 0 aromatic rings. The molecule has 2 saturated heterocycles. The average molecular weight is 227 g/mol. The van der Waals surface area contributed by atoms with Crippen molar-refractivity contribution in [3.05, 3.63) is 0 Å². The van der Waals surface area contributed by atoms with Gasteiger partial charge in [0.25, 0.3) is 0 Å². The average Bonchev–Trinajstić information content (AvgIpc) is 2.37. The van der Waals surface area contributed by atoms with Crippen molar-refractivity contribution in [1.29, 1.82) is 0 Å². The van der Waals surface area contributed by atoms with Gasteiger partial charge in [0.05, 0.1) is 6.61 Å². The van der Waals surface area contributed by atoms with E-state index in [-0.39, 0.29) is 0 Å². The molecule has 1 N–H and O–H groups in total. The highest BCUT2D eigenvalue weighted by Gasteiger charge is 2.11. The van der Waals surface area contributed by atoms with E-state index in [4.69, 9.17) is 4.84 Å². The number of hydrogen-bond donors (Lipinski definition) is 1. The summed E-state index contributed by atoms with van der Waals surface area (Å²) in [6.45, 7) is 8.88. The molecule has 4 nitrogen and oxygen atoms in total. The predicted molar refractivity (Wildman–Crippen MR) is 65.3 cm³/mol. The summed E-state index contributed by atoms with van der Waals surface area (Å²) in [6.07, 6.45) is 5.37. The smallest absolute Gasteiger partial charge is 0.0697 e. The number of hydroxylamine groups is 2. The Morgan fingerprint density at radius 1 is 0.938 bits per heavy atom. The maximum absolute atomic E-state index is 5.74. The topological polar surface area (TPSA) is 27.7 Å². The Morgan fingerprint density at radius 2 is 1.69 bits per heavy atom. The lowest BCUT2D eigenvalue weighted by molar-refractivity contribution is -0.165. The van der Waals surface area contributed by atoms with Crippen molar-refractivity contribution in [2.45, 2.75) is 25.7 Å². The third kappa shape index (κ3) is 4.37. The third-order valence-corrected chi connectivity index (χ3v) is 3.42. The van der Waals surface area contributed by atoms with Crippen LogP contribution in [0.1, 0.15) is 25.7 Å². The molecule has 0 saturated carbocycles. The van der Waals surface area contributed by atoms with Crippen LogP contribution in [0.3, 0.4) is 0 Å². The van der Waals surface area contributed by atoms with Crippen LogP contribution in [0.2, 0.25) is 0 Å². The van der Waals surface area contributed by atoms with Crippen LogP contribution in [0.15, 0.2) is 0 Å². The molecule has 0 amide bonds. The lowest BCUT2D eigenvalue weighted by Crippen LogP contribution is -2.43. The Kier molecular flexibility index (Phi) is 5.55. The van der Waals surface area contributed by atoms with Gasteiger partial charge in [0, 0.05) is 32.7 Å². The van der Waals surface area contributed by atoms with Gasteiger partial charge in [-0.1, -0.05) is 6.42 Å². The number of piperazine rings is 1. The second-order valence-corrected chi connectivity index (χ2v) is 4.77. The van der Waals surface area contributed by atoms with E-state index in [0.717, 1.165) is 32.8 Å². The molecule has 2 aliphatic heterocycles. The van der Waals surface area contributed by atoms with Crippen molar-refractivity contribution in [2.75, 3.05) is 52.4 Å². The molecular formula is C12H25N3O. The van der Waals surface area contributed by atoms with Crippen molar-refractivity contribution in [2.24, 2.45) is 0 Å². The van der Waals surface area contributed by atoms with Gasteiger partial charge in [-0.2, -0.15) is 5.06 Å². The first-order valence-electron chi connectivity index (χ1n) is 6.76. The zero-order chi connectivity index (χ0) is 11.1. The highest BCUT2D eigenvalue weighted by Crippen LogP contribution is 2.08. The van der Waals surface area contributed by atoms with E-state index in [1.807, 2.05) is 0 Å². The molecule has 0 unspecified atom stereocenters. The van der Waals surface area contributed by atoms with Crippen LogP contribution < -0.4 is 5.32 Å². The Labute approximate surface area is 98.9 Å². The largest absolute Gasteiger partial charge is 0.314 e. The fourth-order valence-corrected chi connectivity index (χ4v) is 2.44. The molecule has 0 atom stereocenters. The first-order valence-corrected chi connectivity index (χ1v) is 6.76. The van der Waals surface area contributed by atoms with Crippen LogP contribution in [0.25, 0.3) is 0 Å². The second-order valence-electron chi connectivity index (χ2n) is 4.77. The van der Waals surface area contributed by atoms with E-state index in [9.17, 15) is 0 Å². The Hall–Kier alpha value is -0.160. The summed E-state index contributed by atoms with van der Waals surface area (Å²) < 4.78 is 0. The summed E-state index contributed by atoms with van der Waals surface area (Å²) in [6, 6.07) is 0. The van der Waals surface area contributed by atoms with Gasteiger partial charge < -0.3 is 10.2 Å². The number of piperidine rings is 1. The molecule has 16 heavy (non-hydrogen) atoms. The first-order chi connectivity index (χ1) is 7.95. The van der Waals surface area contributed by atoms with E-state index < -0.39 is 0 Å². The number of nitrogens with one attached hydrogen (secondary N) is 1. The zero-order valence-corrected chi connectivity index (χ0v) is 10.3. The molecule has 0 bridgehead atoms. The highest BCUT2D eigenvalue weighted by atomic mass is 16.7. The zero-order valence-electron chi connectivity index (χ0n) is 10.3. The number of rotatable bonds is 5. The van der Waals surface area contributed by atoms with Gasteiger partial charge in [-0.05, 0) is 32.4 Å². The van der Waals surface area contributed by atoms with Crippen LogP contribution in [-0.4, -0.2) is 62.4 Å². The van der Waals surface area contributed by atoms with Gasteiger partial charge in [0.1, 0.15) is 0 Å². The van der Waals surface area contributed by atoms with Crippen LogP contribution >= 0.6 is 0 Å². The standard InChI is InChI=1S/C12H25N3O/c1-2-7-14(8-3-1)9-4-12-16-15-10-5-13-6-11-15/h13H,1-12H2. The molecule has 2 fully saturated rings. The van der Waals surface area contributed by atoms with Crippen LogP contribution in [0.5, 0.6) is 0 Å². The second kappa shape index (κ2) is 7.22. The summed E-state index contributed by atoms with van der Waals surface area (Å²) in [5.41, 5.74) is 0. The van der Waals surface area contributed by atoms with Gasteiger partial charge in [0.2, 0.25) is 0 Å². The molecule has 2 aliphatic rings. The summed E-state index contributed by atoms with van der Waals surface area (Å²) in [5.74, 6) is 0. The molecule has 0 aliphatic carbocycles. The molecular weight excluding hydrogens is 202 g/mol. The minimum absolute atomic E-state index is 0.885. The minimum atomic E-state index is 0.885. The molecule has 4 heteroatoms. The molecule has 0 aromatic heterocycles. The monoisotopic (exact) mass is 227 g/mol. The SMILES string of the molecule is C1CCN(CCCON2CCNCC2)CC1. The summed E-state index contributed by atoms with van der Waals surface area (Å²) in [5, 5.41) is 5.43. The molecule has 2 heterocycles. The number of nitrogens with zero attached hydrogens (tertiary/aromatic N) is 2. The van der Waals surface area contributed by atoms with Gasteiger partial charge in [-0.15, -0.1) is 0 Å². The van der Waals surface area contributed by atoms with E-state index in [1.165, 1.54) is 45.3 Å². The third-order valence-electron chi connectivity index (χ3n) is 3.42. The Morgan fingerprint density at radius 3 is 2.44 bits per heavy atom. The molecule has 94 valence electrons. The van der Waals surface area contributed by atoms with Crippen molar-refractivity contribution in [3.63, 3.8) is 0 Å². The van der Waals surface area contributed by atoms with Gasteiger partial charge in [0.15, 0.2) is 0 Å². The van der Waals surface area contributed by atoms with Crippen LogP contribution in [-0.2, 0) is 4.84 Å². The van der Waals surface area contributed by atoms with E-state index in [2.05, 4.69) is 15.3 Å². The summed E-state index contributed by atoms with van der Waals surface area (Å²) >= 11 is 0. The van der Waals surface area contributed by atoms with Crippen molar-refractivity contribution < 1.29 is 4.84 Å². The fraction of sp³-hybridized carbons (Fsp3) is 1.00. The minimum Gasteiger partial charge on any atom is -0.314 e. The summed E-state index contributed by atoms with van der Waals surface area (Å²) in [7, 11) is 0. The summed E-state index contributed by atoms with van der Waals surface area (Å²) in [4.78, 5) is 8.31. The Bertz CT molecular complexity index is 157. The lowest BCUT2D eigenvalue weighted by atomic mass is 10.1. The van der Waals surface area contributed by atoms with Crippen LogP contribution in [0, 0.1) is 0 Å². The fourth-order valence-electron chi connectivity index (χ4n) is 2.44. The predicted octanol–water partition coefficient (Wildman–Crippen LogP) is 0.699. The number of hydrogen-bond acceptors (Lipinski definition) is 4. The number of likely N-dealkylation sites (tertiary alicyclic amines) is 1. The van der Waals surface area contributed by atoms with Gasteiger partial charge in [-0.25, -0.2) is 0 Å². The van der Waals surface area contributed by atoms with E-state index >= 15 is 0 Å². The van der Waals surface area contributed by atoms with E-state index in [0.29, 0.717) is 0 Å². The maximum atomic E-state index is 5.74. The Balaban J connectivity index is 1.47.